The van der Waals surface area contributed by atoms with Crippen LogP contribution in [-0.4, -0.2) is 39.1 Å². The summed E-state index contributed by atoms with van der Waals surface area (Å²) < 4.78 is 26.7. The van der Waals surface area contributed by atoms with E-state index in [-0.39, 0.29) is 12.4 Å². The predicted octanol–water partition coefficient (Wildman–Crippen LogP) is 5.70. The number of para-hydroxylation sites is 1. The molecular formula is C26H27ClFN5O2S. The Labute approximate surface area is 219 Å². The van der Waals surface area contributed by atoms with Crippen LogP contribution in [0.4, 0.5) is 4.39 Å². The first-order valence-electron chi connectivity index (χ1n) is 11.6. The maximum atomic E-state index is 13.3. The molecule has 4 rings (SSSR count). The van der Waals surface area contributed by atoms with Gasteiger partial charge in [-0.25, -0.2) is 4.39 Å². The van der Waals surface area contributed by atoms with E-state index >= 15 is 0 Å². The molecule has 0 aliphatic carbocycles. The number of halogens is 2. The van der Waals surface area contributed by atoms with E-state index in [9.17, 15) is 4.39 Å². The molecule has 36 heavy (non-hydrogen) atoms. The first-order chi connectivity index (χ1) is 17.6. The fourth-order valence-corrected chi connectivity index (χ4v) is 4.49. The second kappa shape index (κ2) is 13.2. The number of ether oxygens (including phenoxy) is 2. The molecule has 1 heterocycles. The third-order valence-corrected chi connectivity index (χ3v) is 6.56. The Kier molecular flexibility index (Phi) is 9.54. The summed E-state index contributed by atoms with van der Waals surface area (Å²) in [5.41, 5.74) is 2.75. The van der Waals surface area contributed by atoms with Crippen LogP contribution in [0.5, 0.6) is 11.5 Å². The molecule has 0 saturated carbocycles. The van der Waals surface area contributed by atoms with Gasteiger partial charge in [0.05, 0.1) is 17.3 Å². The lowest BCUT2D eigenvalue weighted by molar-refractivity contribution is 0.269. The maximum Gasteiger partial charge on any atom is 0.214 e. The largest absolute Gasteiger partial charge is 0.490 e. The summed E-state index contributed by atoms with van der Waals surface area (Å²) in [6, 6.07) is 20.0. The van der Waals surface area contributed by atoms with Crippen molar-refractivity contribution in [3.8, 4) is 17.2 Å². The molecule has 0 atom stereocenters. The van der Waals surface area contributed by atoms with Crippen LogP contribution in [0.25, 0.3) is 5.69 Å². The van der Waals surface area contributed by atoms with Gasteiger partial charge in [0.2, 0.25) is 5.16 Å². The molecule has 0 spiro atoms. The van der Waals surface area contributed by atoms with E-state index in [1.165, 1.54) is 12.1 Å². The van der Waals surface area contributed by atoms with E-state index in [0.717, 1.165) is 35.1 Å². The number of tetrazole rings is 1. The fraction of sp³-hybridized carbons (Fsp3) is 0.269. The van der Waals surface area contributed by atoms with Crippen LogP contribution in [0.2, 0.25) is 5.02 Å². The highest BCUT2D eigenvalue weighted by Gasteiger charge is 2.10. The molecule has 0 unspecified atom stereocenters. The molecule has 1 N–H and O–H groups in total. The molecule has 4 aromatic rings. The minimum atomic E-state index is -0.373. The number of nitrogens with zero attached hydrogens (tertiary/aromatic N) is 4. The summed E-state index contributed by atoms with van der Waals surface area (Å²) in [5, 5.41) is 16.6. The van der Waals surface area contributed by atoms with Gasteiger partial charge in [-0.05, 0) is 72.3 Å². The number of rotatable bonds is 13. The van der Waals surface area contributed by atoms with E-state index in [1.807, 2.05) is 55.5 Å². The molecule has 0 bridgehead atoms. The van der Waals surface area contributed by atoms with Gasteiger partial charge in [0, 0.05) is 17.9 Å². The zero-order valence-electron chi connectivity index (χ0n) is 19.9. The third kappa shape index (κ3) is 7.19. The van der Waals surface area contributed by atoms with Crippen molar-refractivity contribution in [2.45, 2.75) is 31.7 Å². The van der Waals surface area contributed by atoms with Crippen molar-refractivity contribution >= 4 is 23.4 Å². The zero-order valence-corrected chi connectivity index (χ0v) is 21.4. The lowest BCUT2D eigenvalue weighted by atomic mass is 10.2. The molecule has 1 aromatic heterocycles. The number of thioether (sulfide) groups is 1. The average molecular weight is 528 g/mol. The predicted molar refractivity (Wildman–Crippen MR) is 140 cm³/mol. The number of benzene rings is 3. The number of hydrogen-bond donors (Lipinski definition) is 1. The Morgan fingerprint density at radius 3 is 2.69 bits per heavy atom. The highest BCUT2D eigenvalue weighted by Crippen LogP contribution is 2.30. The van der Waals surface area contributed by atoms with Gasteiger partial charge in [0.15, 0.2) is 11.5 Å². The van der Waals surface area contributed by atoms with Crippen LogP contribution >= 0.6 is 23.4 Å². The molecule has 0 fully saturated rings. The highest BCUT2D eigenvalue weighted by molar-refractivity contribution is 7.99. The summed E-state index contributed by atoms with van der Waals surface area (Å²) >= 11 is 7.74. The lowest BCUT2D eigenvalue weighted by Gasteiger charge is -2.14. The van der Waals surface area contributed by atoms with Crippen molar-refractivity contribution in [3.05, 3.63) is 88.7 Å². The Morgan fingerprint density at radius 2 is 1.89 bits per heavy atom. The van der Waals surface area contributed by atoms with Crippen LogP contribution < -0.4 is 14.8 Å². The van der Waals surface area contributed by atoms with E-state index < -0.39 is 0 Å². The van der Waals surface area contributed by atoms with Crippen molar-refractivity contribution in [1.82, 2.24) is 25.5 Å². The van der Waals surface area contributed by atoms with Crippen molar-refractivity contribution in [1.29, 1.82) is 0 Å². The Hall–Kier alpha value is -3.14. The van der Waals surface area contributed by atoms with Gasteiger partial charge in [-0.3, -0.25) is 0 Å². The average Bonchev–Trinajstić information content (AvgIpc) is 3.36. The quantitative estimate of drug-likeness (QED) is 0.176. The minimum absolute atomic E-state index is 0.224. The molecule has 0 aliphatic rings. The molecular weight excluding hydrogens is 501 g/mol. The van der Waals surface area contributed by atoms with Gasteiger partial charge < -0.3 is 14.8 Å². The van der Waals surface area contributed by atoms with Crippen molar-refractivity contribution < 1.29 is 13.9 Å². The van der Waals surface area contributed by atoms with Gasteiger partial charge >= 0.3 is 0 Å². The first kappa shape index (κ1) is 25.9. The van der Waals surface area contributed by atoms with E-state index in [2.05, 4.69) is 20.8 Å². The fourth-order valence-electron chi connectivity index (χ4n) is 3.44. The smallest absolute Gasteiger partial charge is 0.214 e. The topological polar surface area (TPSA) is 74.1 Å². The van der Waals surface area contributed by atoms with Crippen molar-refractivity contribution in [3.63, 3.8) is 0 Å². The van der Waals surface area contributed by atoms with Crippen molar-refractivity contribution in [2.24, 2.45) is 0 Å². The molecule has 0 amide bonds. The molecule has 0 aliphatic heterocycles. The number of hydrogen-bond acceptors (Lipinski definition) is 7. The zero-order chi connectivity index (χ0) is 25.2. The van der Waals surface area contributed by atoms with Crippen LogP contribution in [0, 0.1) is 5.82 Å². The van der Waals surface area contributed by atoms with Gasteiger partial charge in [-0.1, -0.05) is 53.7 Å². The summed E-state index contributed by atoms with van der Waals surface area (Å²) in [6.07, 6.45) is 0.963. The first-order valence-corrected chi connectivity index (χ1v) is 13.0. The summed E-state index contributed by atoms with van der Waals surface area (Å²) in [6.45, 7) is 4.23. The van der Waals surface area contributed by atoms with E-state index in [0.29, 0.717) is 35.2 Å². The van der Waals surface area contributed by atoms with Gasteiger partial charge in [-0.2, -0.15) is 4.68 Å². The van der Waals surface area contributed by atoms with Crippen molar-refractivity contribution in [2.75, 3.05) is 18.9 Å². The maximum absolute atomic E-state index is 13.3. The second-order valence-electron chi connectivity index (χ2n) is 7.83. The van der Waals surface area contributed by atoms with E-state index in [4.69, 9.17) is 21.1 Å². The van der Waals surface area contributed by atoms with Gasteiger partial charge in [0.25, 0.3) is 0 Å². The summed E-state index contributed by atoms with van der Waals surface area (Å²) in [7, 11) is 0. The standard InChI is InChI=1S/C26H27ClFN5O2S/c1-2-34-25-15-19(9-12-24(25)35-18-20-10-11-21(28)16-23(20)27)17-29-13-6-14-36-26-30-31-32-33(26)22-7-4-3-5-8-22/h3-5,7-12,15-16,29H,2,6,13-14,17-18H2,1H3. The molecule has 188 valence electrons. The van der Waals surface area contributed by atoms with Crippen LogP contribution in [0.1, 0.15) is 24.5 Å². The van der Waals surface area contributed by atoms with Gasteiger partial charge in [-0.15, -0.1) is 5.10 Å². The molecule has 10 heteroatoms. The summed E-state index contributed by atoms with van der Waals surface area (Å²) in [4.78, 5) is 0. The van der Waals surface area contributed by atoms with Crippen LogP contribution in [0.3, 0.4) is 0 Å². The number of aromatic nitrogens is 4. The molecule has 3 aromatic carbocycles. The lowest BCUT2D eigenvalue weighted by Crippen LogP contribution is -2.15. The van der Waals surface area contributed by atoms with Gasteiger partial charge in [0.1, 0.15) is 12.4 Å². The second-order valence-corrected chi connectivity index (χ2v) is 9.30. The number of nitrogens with one attached hydrogen (secondary N) is 1. The monoisotopic (exact) mass is 527 g/mol. The van der Waals surface area contributed by atoms with Crippen LogP contribution in [-0.2, 0) is 13.2 Å². The Morgan fingerprint density at radius 1 is 1.03 bits per heavy atom. The minimum Gasteiger partial charge on any atom is -0.490 e. The van der Waals surface area contributed by atoms with Crippen LogP contribution in [0.15, 0.2) is 71.9 Å². The molecule has 0 saturated heterocycles. The highest BCUT2D eigenvalue weighted by atomic mass is 35.5. The molecule has 0 radical (unpaired) electrons. The van der Waals surface area contributed by atoms with E-state index in [1.54, 1.807) is 22.5 Å². The molecule has 7 nitrogen and oxygen atoms in total. The Balaban J connectivity index is 1.24. The SMILES string of the molecule is CCOc1cc(CNCCCSc2nnnn2-c2ccccc2)ccc1OCc1ccc(F)cc1Cl. The normalized spacial score (nSPS) is 11.0. The summed E-state index contributed by atoms with van der Waals surface area (Å²) in [5.74, 6) is 1.80. The Bertz CT molecular complexity index is 1260. The third-order valence-electron chi connectivity index (χ3n) is 5.21.